The van der Waals surface area contributed by atoms with Crippen LogP contribution in [-0.2, 0) is 13.6 Å². The number of nitrogens with zero attached hydrogens (tertiary/aromatic N) is 2. The van der Waals surface area contributed by atoms with E-state index in [4.69, 9.17) is 5.73 Å². The zero-order valence-corrected chi connectivity index (χ0v) is 9.90. The first-order valence-corrected chi connectivity index (χ1v) is 5.64. The van der Waals surface area contributed by atoms with Gasteiger partial charge in [-0.05, 0) is 6.42 Å². The second-order valence-corrected chi connectivity index (χ2v) is 3.96. The van der Waals surface area contributed by atoms with E-state index >= 15 is 0 Å². The second kappa shape index (κ2) is 5.53. The molecular weight excluding hydrogens is 206 g/mol. The summed E-state index contributed by atoms with van der Waals surface area (Å²) in [5, 5.41) is 0. The zero-order valence-electron chi connectivity index (χ0n) is 9.90. The summed E-state index contributed by atoms with van der Waals surface area (Å²) in [7, 11) is 1.57. The van der Waals surface area contributed by atoms with Gasteiger partial charge in [0.2, 0.25) is 0 Å². The van der Waals surface area contributed by atoms with Gasteiger partial charge in [-0.1, -0.05) is 26.2 Å². The van der Waals surface area contributed by atoms with Crippen molar-refractivity contribution in [3.63, 3.8) is 0 Å². The Morgan fingerprint density at radius 3 is 2.56 bits per heavy atom. The average molecular weight is 225 g/mol. The molecule has 0 fully saturated rings. The van der Waals surface area contributed by atoms with Crippen LogP contribution in [0.15, 0.2) is 15.7 Å². The molecule has 90 valence electrons. The van der Waals surface area contributed by atoms with E-state index in [1.165, 1.54) is 15.2 Å². The minimum absolute atomic E-state index is 0.208. The van der Waals surface area contributed by atoms with Gasteiger partial charge in [0.25, 0.3) is 5.56 Å². The lowest BCUT2D eigenvalue weighted by Gasteiger charge is -2.08. The Morgan fingerprint density at radius 1 is 1.25 bits per heavy atom. The van der Waals surface area contributed by atoms with Crippen molar-refractivity contribution in [2.75, 3.05) is 5.73 Å². The van der Waals surface area contributed by atoms with E-state index in [0.717, 1.165) is 25.7 Å². The summed E-state index contributed by atoms with van der Waals surface area (Å²) in [5.41, 5.74) is 4.88. The highest BCUT2D eigenvalue weighted by Gasteiger charge is 2.05. The lowest BCUT2D eigenvalue weighted by atomic mass is 10.2. The van der Waals surface area contributed by atoms with Gasteiger partial charge >= 0.3 is 5.69 Å². The maximum Gasteiger partial charge on any atom is 0.332 e. The Bertz CT molecular complexity index is 459. The third-order valence-corrected chi connectivity index (χ3v) is 2.68. The van der Waals surface area contributed by atoms with Crippen LogP contribution < -0.4 is 17.0 Å². The first-order chi connectivity index (χ1) is 7.57. The summed E-state index contributed by atoms with van der Waals surface area (Å²) in [6.45, 7) is 2.60. The van der Waals surface area contributed by atoms with Crippen molar-refractivity contribution in [2.45, 2.75) is 39.2 Å². The summed E-state index contributed by atoms with van der Waals surface area (Å²) < 4.78 is 2.53. The highest BCUT2D eigenvalue weighted by Crippen LogP contribution is 1.99. The third kappa shape index (κ3) is 2.74. The predicted molar refractivity (Wildman–Crippen MR) is 64.5 cm³/mol. The first-order valence-electron chi connectivity index (χ1n) is 5.64. The van der Waals surface area contributed by atoms with Gasteiger partial charge in [0.05, 0.1) is 0 Å². The normalized spacial score (nSPS) is 10.6. The molecule has 0 amide bonds. The van der Waals surface area contributed by atoms with E-state index in [9.17, 15) is 9.59 Å². The number of nitrogen functional groups attached to an aromatic ring is 1. The molecule has 0 saturated carbocycles. The Hall–Kier alpha value is -1.52. The summed E-state index contributed by atoms with van der Waals surface area (Å²) in [6.07, 6.45) is 4.15. The molecule has 0 aromatic carbocycles. The fourth-order valence-corrected chi connectivity index (χ4v) is 1.59. The Morgan fingerprint density at radius 2 is 1.94 bits per heavy atom. The molecule has 0 aliphatic rings. The zero-order chi connectivity index (χ0) is 12.1. The van der Waals surface area contributed by atoms with Gasteiger partial charge in [0, 0.05) is 19.7 Å². The summed E-state index contributed by atoms with van der Waals surface area (Å²) in [5.74, 6) is 0.208. The lowest BCUT2D eigenvalue weighted by Crippen LogP contribution is -2.39. The highest BCUT2D eigenvalue weighted by molar-refractivity contribution is 5.25. The molecule has 0 unspecified atom stereocenters. The standard InChI is InChI=1S/C11H19N3O2/c1-3-4-5-6-7-14-10(15)8-9(12)13(2)11(14)16/h8H,3-7,12H2,1-2H3. The van der Waals surface area contributed by atoms with Crippen LogP contribution in [-0.4, -0.2) is 9.13 Å². The molecule has 1 heterocycles. The molecule has 0 spiro atoms. The van der Waals surface area contributed by atoms with E-state index in [1.807, 2.05) is 0 Å². The van der Waals surface area contributed by atoms with Crippen molar-refractivity contribution in [1.29, 1.82) is 0 Å². The van der Waals surface area contributed by atoms with Crippen LogP contribution in [0.2, 0.25) is 0 Å². The van der Waals surface area contributed by atoms with Crippen molar-refractivity contribution in [1.82, 2.24) is 9.13 Å². The summed E-state index contributed by atoms with van der Waals surface area (Å²) in [4.78, 5) is 23.3. The smallest absolute Gasteiger partial charge is 0.332 e. The molecule has 5 heteroatoms. The fraction of sp³-hybridized carbons (Fsp3) is 0.636. The van der Waals surface area contributed by atoms with Gasteiger partial charge in [0.15, 0.2) is 0 Å². The van der Waals surface area contributed by atoms with Gasteiger partial charge in [-0.25, -0.2) is 4.79 Å². The lowest BCUT2D eigenvalue weighted by molar-refractivity contribution is 0.535. The van der Waals surface area contributed by atoms with Gasteiger partial charge in [-0.15, -0.1) is 0 Å². The van der Waals surface area contributed by atoms with E-state index in [2.05, 4.69) is 6.92 Å². The molecule has 0 aliphatic carbocycles. The predicted octanol–water partition coefficient (Wildman–Crippen LogP) is 0.710. The van der Waals surface area contributed by atoms with Crippen LogP contribution >= 0.6 is 0 Å². The number of rotatable bonds is 5. The minimum atomic E-state index is -0.332. The van der Waals surface area contributed by atoms with Gasteiger partial charge < -0.3 is 5.73 Å². The van der Waals surface area contributed by atoms with Crippen LogP contribution in [0.4, 0.5) is 5.82 Å². The van der Waals surface area contributed by atoms with Crippen molar-refractivity contribution in [2.24, 2.45) is 7.05 Å². The quantitative estimate of drug-likeness (QED) is 0.750. The van der Waals surface area contributed by atoms with Crippen LogP contribution in [0, 0.1) is 0 Å². The number of aromatic nitrogens is 2. The molecule has 16 heavy (non-hydrogen) atoms. The second-order valence-electron chi connectivity index (χ2n) is 3.96. The molecule has 1 aromatic rings. The number of hydrogen-bond acceptors (Lipinski definition) is 3. The third-order valence-electron chi connectivity index (χ3n) is 2.68. The SMILES string of the molecule is CCCCCCn1c(=O)cc(N)n(C)c1=O. The molecule has 1 aromatic heterocycles. The number of nitrogens with two attached hydrogens (primary N) is 1. The molecule has 0 bridgehead atoms. The number of hydrogen-bond donors (Lipinski definition) is 1. The van der Waals surface area contributed by atoms with Crippen LogP contribution in [0.3, 0.4) is 0 Å². The molecule has 0 atom stereocenters. The number of anilines is 1. The maximum atomic E-state index is 11.7. The molecular formula is C11H19N3O2. The topological polar surface area (TPSA) is 70.0 Å². The van der Waals surface area contributed by atoms with Crippen LogP contribution in [0.25, 0.3) is 0 Å². The monoisotopic (exact) mass is 225 g/mol. The minimum Gasteiger partial charge on any atom is -0.385 e. The van der Waals surface area contributed by atoms with E-state index < -0.39 is 0 Å². The van der Waals surface area contributed by atoms with Crippen molar-refractivity contribution in [3.05, 3.63) is 26.9 Å². The molecule has 0 aliphatic heterocycles. The van der Waals surface area contributed by atoms with E-state index in [0.29, 0.717) is 6.54 Å². The summed E-state index contributed by atoms with van der Waals surface area (Å²) in [6, 6.07) is 1.29. The summed E-state index contributed by atoms with van der Waals surface area (Å²) >= 11 is 0. The fourth-order valence-electron chi connectivity index (χ4n) is 1.59. The molecule has 0 saturated heterocycles. The van der Waals surface area contributed by atoms with E-state index in [1.54, 1.807) is 7.05 Å². The largest absolute Gasteiger partial charge is 0.385 e. The van der Waals surface area contributed by atoms with Crippen LogP contribution in [0.1, 0.15) is 32.6 Å². The Kier molecular flexibility index (Phi) is 4.34. The first kappa shape index (κ1) is 12.5. The van der Waals surface area contributed by atoms with Crippen molar-refractivity contribution < 1.29 is 0 Å². The van der Waals surface area contributed by atoms with E-state index in [-0.39, 0.29) is 17.1 Å². The van der Waals surface area contributed by atoms with Crippen molar-refractivity contribution in [3.8, 4) is 0 Å². The van der Waals surface area contributed by atoms with Gasteiger partial charge in [0.1, 0.15) is 5.82 Å². The molecule has 2 N–H and O–H groups in total. The average Bonchev–Trinajstić information content (AvgIpc) is 2.25. The number of unbranched alkanes of at least 4 members (excludes halogenated alkanes) is 3. The Balaban J connectivity index is 2.85. The highest BCUT2D eigenvalue weighted by atomic mass is 16.2. The molecule has 1 rings (SSSR count). The van der Waals surface area contributed by atoms with Gasteiger partial charge in [-0.2, -0.15) is 0 Å². The molecule has 5 nitrogen and oxygen atoms in total. The van der Waals surface area contributed by atoms with Gasteiger partial charge in [-0.3, -0.25) is 13.9 Å². The maximum absolute atomic E-state index is 11.7. The molecule has 0 radical (unpaired) electrons. The Labute approximate surface area is 94.5 Å². The van der Waals surface area contributed by atoms with Crippen LogP contribution in [0.5, 0.6) is 0 Å². The van der Waals surface area contributed by atoms with Crippen molar-refractivity contribution >= 4 is 5.82 Å².